The Morgan fingerprint density at radius 3 is 2.76 bits per heavy atom. The Morgan fingerprint density at radius 2 is 1.91 bits per heavy atom. The van der Waals surface area contributed by atoms with Crippen LogP contribution in [0.25, 0.3) is 0 Å². The number of hydrogen-bond acceptors (Lipinski definition) is 5. The number of carbonyl (C=O) groups excluding carboxylic acids is 3. The third-order valence-corrected chi connectivity index (χ3v) is 5.74. The zero-order chi connectivity index (χ0) is 23.0. The Balaban J connectivity index is 1.55. The molecule has 1 unspecified atom stereocenters. The van der Waals surface area contributed by atoms with Crippen molar-refractivity contribution >= 4 is 23.6 Å². The van der Waals surface area contributed by atoms with Crippen molar-refractivity contribution in [3.8, 4) is 0 Å². The van der Waals surface area contributed by atoms with Crippen LogP contribution in [-0.4, -0.2) is 43.6 Å². The fraction of sp³-hybridized carbons (Fsp3) is 0.320. The number of ether oxygens (including phenoxy) is 1. The summed E-state index contributed by atoms with van der Waals surface area (Å²) in [5.74, 6) is -0.248. The van der Waals surface area contributed by atoms with Gasteiger partial charge in [-0.2, -0.15) is 0 Å². The van der Waals surface area contributed by atoms with Crippen molar-refractivity contribution in [2.75, 3.05) is 24.5 Å². The zero-order valence-electron chi connectivity index (χ0n) is 18.3. The molecule has 0 radical (unpaired) electrons. The third-order valence-electron chi connectivity index (χ3n) is 5.74. The SMILES string of the molecule is O=C1CN2c3cccc(c3)[C@@H](NC(=O)OCc3ccccc3)C/C=C/CCNC(=O)C2CN1. The van der Waals surface area contributed by atoms with E-state index in [2.05, 4.69) is 16.0 Å². The number of anilines is 1. The molecule has 1 fully saturated rings. The number of piperazine rings is 1. The standard InChI is InChI=1S/C25H28N4O4/c30-23-16-29-20-11-7-10-19(14-20)21(28-25(32)33-17-18-8-3-1-4-9-18)12-5-2-6-13-26-24(31)22(29)15-27-23/h1-5,7-11,14,21-22H,6,12-13,15-17H2,(H,26,31)(H,27,30)(H,28,32)/b5-2+/t21-,22?/m0/s1. The molecule has 1 saturated heterocycles. The van der Waals surface area contributed by atoms with Gasteiger partial charge in [0.25, 0.3) is 0 Å². The number of amides is 3. The molecule has 0 spiro atoms. The molecular weight excluding hydrogens is 420 g/mol. The first-order valence-corrected chi connectivity index (χ1v) is 11.1. The molecule has 2 bridgehead atoms. The van der Waals surface area contributed by atoms with Crippen molar-refractivity contribution in [3.05, 3.63) is 77.9 Å². The fourth-order valence-electron chi connectivity index (χ4n) is 4.00. The number of nitrogens with zero attached hydrogens (tertiary/aromatic N) is 1. The molecule has 172 valence electrons. The molecule has 2 heterocycles. The smallest absolute Gasteiger partial charge is 0.407 e. The minimum absolute atomic E-state index is 0.0942. The van der Waals surface area contributed by atoms with Gasteiger partial charge in [0.15, 0.2) is 0 Å². The number of hydrogen-bond donors (Lipinski definition) is 3. The van der Waals surface area contributed by atoms with Crippen LogP contribution >= 0.6 is 0 Å². The summed E-state index contributed by atoms with van der Waals surface area (Å²) in [6.45, 7) is 1.03. The highest BCUT2D eigenvalue weighted by Crippen LogP contribution is 2.26. The molecule has 3 amide bonds. The van der Waals surface area contributed by atoms with Gasteiger partial charge in [0.05, 0.1) is 12.6 Å². The molecule has 4 rings (SSSR count). The molecule has 2 atom stereocenters. The van der Waals surface area contributed by atoms with Crippen LogP contribution in [0.1, 0.15) is 30.0 Å². The summed E-state index contributed by atoms with van der Waals surface area (Å²) in [6.07, 6.45) is 4.73. The summed E-state index contributed by atoms with van der Waals surface area (Å²) >= 11 is 0. The Morgan fingerprint density at radius 1 is 1.06 bits per heavy atom. The second kappa shape index (κ2) is 10.7. The highest BCUT2D eigenvalue weighted by molar-refractivity contribution is 5.92. The molecule has 0 aliphatic carbocycles. The molecule has 8 heteroatoms. The Labute approximate surface area is 193 Å². The van der Waals surface area contributed by atoms with E-state index < -0.39 is 12.1 Å². The van der Waals surface area contributed by atoms with E-state index in [0.29, 0.717) is 19.4 Å². The number of carbonyl (C=O) groups is 3. The van der Waals surface area contributed by atoms with Crippen LogP contribution in [0.3, 0.4) is 0 Å². The predicted molar refractivity (Wildman–Crippen MR) is 124 cm³/mol. The summed E-state index contributed by atoms with van der Waals surface area (Å²) in [5, 5.41) is 8.69. The molecule has 0 aromatic heterocycles. The van der Waals surface area contributed by atoms with Gasteiger partial charge in [0.2, 0.25) is 11.8 Å². The normalized spacial score (nSPS) is 21.8. The molecule has 8 nitrogen and oxygen atoms in total. The average molecular weight is 449 g/mol. The number of fused-ring (bicyclic) bond motifs is 4. The van der Waals surface area contributed by atoms with Crippen molar-refractivity contribution in [2.24, 2.45) is 0 Å². The molecule has 0 saturated carbocycles. The molecule has 33 heavy (non-hydrogen) atoms. The van der Waals surface area contributed by atoms with Crippen LogP contribution < -0.4 is 20.9 Å². The van der Waals surface area contributed by atoms with E-state index >= 15 is 0 Å². The van der Waals surface area contributed by atoms with Gasteiger partial charge in [-0.15, -0.1) is 0 Å². The van der Waals surface area contributed by atoms with E-state index in [1.807, 2.05) is 71.6 Å². The van der Waals surface area contributed by atoms with Crippen LogP contribution in [-0.2, 0) is 20.9 Å². The number of benzene rings is 2. The average Bonchev–Trinajstić information content (AvgIpc) is 2.84. The molecular formula is C25H28N4O4. The highest BCUT2D eigenvalue weighted by atomic mass is 16.5. The first kappa shape index (κ1) is 22.4. The van der Waals surface area contributed by atoms with Crippen molar-refractivity contribution < 1.29 is 19.1 Å². The quantitative estimate of drug-likeness (QED) is 0.627. The zero-order valence-corrected chi connectivity index (χ0v) is 18.3. The largest absolute Gasteiger partial charge is 0.445 e. The number of rotatable bonds is 3. The third kappa shape index (κ3) is 5.91. The summed E-state index contributed by atoms with van der Waals surface area (Å²) in [6, 6.07) is 16.3. The number of nitrogens with one attached hydrogen (secondary N) is 3. The van der Waals surface area contributed by atoms with Crippen LogP contribution in [0, 0.1) is 0 Å². The lowest BCUT2D eigenvalue weighted by Gasteiger charge is -2.36. The summed E-state index contributed by atoms with van der Waals surface area (Å²) in [4.78, 5) is 39.2. The van der Waals surface area contributed by atoms with Crippen molar-refractivity contribution in [1.82, 2.24) is 16.0 Å². The minimum atomic E-state index is -0.501. The predicted octanol–water partition coefficient (Wildman–Crippen LogP) is 2.43. The van der Waals surface area contributed by atoms with Crippen LogP contribution in [0.2, 0.25) is 0 Å². The van der Waals surface area contributed by atoms with Crippen molar-refractivity contribution in [3.63, 3.8) is 0 Å². The van der Waals surface area contributed by atoms with Crippen LogP contribution in [0.5, 0.6) is 0 Å². The Kier molecular flexibility index (Phi) is 7.24. The van der Waals surface area contributed by atoms with Gasteiger partial charge in [0.1, 0.15) is 12.6 Å². The van der Waals surface area contributed by atoms with E-state index in [1.165, 1.54) is 0 Å². The fourth-order valence-corrected chi connectivity index (χ4v) is 4.00. The lowest BCUT2D eigenvalue weighted by atomic mass is 10.0. The number of alkyl carbamates (subject to hydrolysis) is 1. The molecule has 2 aromatic rings. The van der Waals surface area contributed by atoms with E-state index in [4.69, 9.17) is 4.74 Å². The Hall–Kier alpha value is -3.81. The second-order valence-electron chi connectivity index (χ2n) is 8.09. The maximum atomic E-state index is 12.7. The van der Waals surface area contributed by atoms with Crippen molar-refractivity contribution in [2.45, 2.75) is 31.5 Å². The van der Waals surface area contributed by atoms with Gasteiger partial charge in [-0.1, -0.05) is 54.6 Å². The van der Waals surface area contributed by atoms with Gasteiger partial charge in [-0.3, -0.25) is 9.59 Å². The summed E-state index contributed by atoms with van der Waals surface area (Å²) in [7, 11) is 0. The van der Waals surface area contributed by atoms with E-state index in [1.54, 1.807) is 0 Å². The van der Waals surface area contributed by atoms with E-state index in [-0.39, 0.29) is 37.6 Å². The lowest BCUT2D eigenvalue weighted by Crippen LogP contribution is -2.60. The monoisotopic (exact) mass is 448 g/mol. The van der Waals surface area contributed by atoms with Crippen LogP contribution in [0.4, 0.5) is 10.5 Å². The maximum absolute atomic E-state index is 12.7. The second-order valence-corrected chi connectivity index (χ2v) is 8.09. The molecule has 2 aromatic carbocycles. The molecule has 2 aliphatic heterocycles. The van der Waals surface area contributed by atoms with Crippen LogP contribution in [0.15, 0.2) is 66.7 Å². The first-order valence-electron chi connectivity index (χ1n) is 11.1. The van der Waals surface area contributed by atoms with Gasteiger partial charge in [0, 0.05) is 18.8 Å². The van der Waals surface area contributed by atoms with Gasteiger partial charge in [-0.25, -0.2) is 4.79 Å². The van der Waals surface area contributed by atoms with Gasteiger partial charge < -0.3 is 25.6 Å². The van der Waals surface area contributed by atoms with Gasteiger partial charge >= 0.3 is 6.09 Å². The minimum Gasteiger partial charge on any atom is -0.445 e. The van der Waals surface area contributed by atoms with E-state index in [0.717, 1.165) is 16.8 Å². The van der Waals surface area contributed by atoms with Gasteiger partial charge in [-0.05, 0) is 36.1 Å². The van der Waals surface area contributed by atoms with E-state index in [9.17, 15) is 14.4 Å². The Bertz CT molecular complexity index is 1020. The first-order chi connectivity index (χ1) is 16.1. The summed E-state index contributed by atoms with van der Waals surface area (Å²) in [5.41, 5.74) is 2.55. The highest BCUT2D eigenvalue weighted by Gasteiger charge is 2.32. The topological polar surface area (TPSA) is 99.8 Å². The summed E-state index contributed by atoms with van der Waals surface area (Å²) < 4.78 is 5.42. The van der Waals surface area contributed by atoms with Crippen molar-refractivity contribution in [1.29, 1.82) is 0 Å². The lowest BCUT2D eigenvalue weighted by molar-refractivity contribution is -0.125. The maximum Gasteiger partial charge on any atom is 0.407 e. The molecule has 3 N–H and O–H groups in total. The molecule has 2 aliphatic rings.